The minimum absolute atomic E-state index is 0.212. The maximum atomic E-state index is 13.4. The van der Waals surface area contributed by atoms with Crippen LogP contribution in [0.3, 0.4) is 0 Å². The lowest BCUT2D eigenvalue weighted by Crippen LogP contribution is -2.36. The Morgan fingerprint density at radius 1 is 1.04 bits per heavy atom. The summed E-state index contributed by atoms with van der Waals surface area (Å²) in [4.78, 5) is 7.02. The standard InChI is InChI=1S/C19H24FN3O2/c20-16-6-4-15(5-7-16)19(8-2-1-3-9-19)18-21-17(25-22-18)14-23-10-12-24-13-11-23/h4-7H,1-3,8-14H2. The zero-order valence-electron chi connectivity index (χ0n) is 14.4. The van der Waals surface area contributed by atoms with Crippen LogP contribution in [0.1, 0.15) is 49.4 Å². The molecule has 2 aliphatic rings. The van der Waals surface area contributed by atoms with Crippen LogP contribution in [-0.2, 0) is 16.7 Å². The molecule has 1 aliphatic carbocycles. The van der Waals surface area contributed by atoms with Crippen LogP contribution >= 0.6 is 0 Å². The molecular formula is C19H24FN3O2. The second kappa shape index (κ2) is 7.22. The molecule has 2 fully saturated rings. The summed E-state index contributed by atoms with van der Waals surface area (Å²) in [7, 11) is 0. The Labute approximate surface area is 147 Å². The highest BCUT2D eigenvalue weighted by molar-refractivity contribution is 5.33. The monoisotopic (exact) mass is 345 g/mol. The number of hydrogen-bond acceptors (Lipinski definition) is 5. The van der Waals surface area contributed by atoms with Gasteiger partial charge in [-0.05, 0) is 30.5 Å². The van der Waals surface area contributed by atoms with Crippen molar-refractivity contribution in [3.8, 4) is 0 Å². The fourth-order valence-corrected chi connectivity index (χ4v) is 4.03. The van der Waals surface area contributed by atoms with Gasteiger partial charge in [-0.15, -0.1) is 0 Å². The van der Waals surface area contributed by atoms with Gasteiger partial charge in [0.2, 0.25) is 5.89 Å². The van der Waals surface area contributed by atoms with Crippen LogP contribution in [0.15, 0.2) is 28.8 Å². The van der Waals surface area contributed by atoms with E-state index < -0.39 is 0 Å². The van der Waals surface area contributed by atoms with Crippen LogP contribution in [0.2, 0.25) is 0 Å². The van der Waals surface area contributed by atoms with Crippen molar-refractivity contribution in [2.75, 3.05) is 26.3 Å². The van der Waals surface area contributed by atoms with Crippen LogP contribution in [0, 0.1) is 5.82 Å². The largest absolute Gasteiger partial charge is 0.379 e. The van der Waals surface area contributed by atoms with Gasteiger partial charge in [0.25, 0.3) is 0 Å². The number of rotatable bonds is 4. The zero-order chi connectivity index (χ0) is 17.1. The van der Waals surface area contributed by atoms with Gasteiger partial charge in [-0.3, -0.25) is 4.90 Å². The first kappa shape index (κ1) is 16.7. The van der Waals surface area contributed by atoms with Crippen molar-refractivity contribution in [2.24, 2.45) is 0 Å². The summed E-state index contributed by atoms with van der Waals surface area (Å²) in [5.41, 5.74) is 0.839. The molecule has 0 amide bonds. The highest BCUT2D eigenvalue weighted by Crippen LogP contribution is 2.43. The predicted octanol–water partition coefficient (Wildman–Crippen LogP) is 3.29. The summed E-state index contributed by atoms with van der Waals surface area (Å²) in [6, 6.07) is 6.80. The quantitative estimate of drug-likeness (QED) is 0.851. The highest BCUT2D eigenvalue weighted by Gasteiger charge is 2.40. The van der Waals surface area contributed by atoms with Gasteiger partial charge in [-0.2, -0.15) is 4.98 Å². The zero-order valence-corrected chi connectivity index (χ0v) is 14.4. The molecule has 134 valence electrons. The molecule has 0 bridgehead atoms. The Morgan fingerprint density at radius 3 is 2.48 bits per heavy atom. The topological polar surface area (TPSA) is 51.4 Å². The molecule has 5 nitrogen and oxygen atoms in total. The van der Waals surface area contributed by atoms with E-state index in [0.29, 0.717) is 12.4 Å². The number of aromatic nitrogens is 2. The highest BCUT2D eigenvalue weighted by atomic mass is 19.1. The number of halogens is 1. The molecule has 2 aromatic rings. The van der Waals surface area contributed by atoms with Gasteiger partial charge in [-0.25, -0.2) is 4.39 Å². The molecule has 25 heavy (non-hydrogen) atoms. The Kier molecular flexibility index (Phi) is 4.81. The first-order valence-electron chi connectivity index (χ1n) is 9.15. The molecule has 1 aliphatic heterocycles. The van der Waals surface area contributed by atoms with Crippen molar-refractivity contribution in [1.29, 1.82) is 0 Å². The molecule has 1 aromatic carbocycles. The van der Waals surface area contributed by atoms with E-state index in [0.717, 1.165) is 63.4 Å². The maximum absolute atomic E-state index is 13.4. The summed E-state index contributed by atoms with van der Waals surface area (Å²) in [5, 5.41) is 4.34. The molecule has 0 spiro atoms. The Balaban J connectivity index is 1.60. The first-order valence-corrected chi connectivity index (χ1v) is 9.15. The number of ether oxygens (including phenoxy) is 1. The van der Waals surface area contributed by atoms with E-state index in [1.165, 1.54) is 18.6 Å². The van der Waals surface area contributed by atoms with E-state index in [4.69, 9.17) is 14.2 Å². The van der Waals surface area contributed by atoms with E-state index >= 15 is 0 Å². The van der Waals surface area contributed by atoms with E-state index in [-0.39, 0.29) is 11.2 Å². The third-order valence-corrected chi connectivity index (χ3v) is 5.46. The van der Waals surface area contributed by atoms with Gasteiger partial charge in [0.05, 0.1) is 25.2 Å². The number of benzene rings is 1. The van der Waals surface area contributed by atoms with Crippen LogP contribution in [0.25, 0.3) is 0 Å². The molecule has 1 aromatic heterocycles. The molecule has 1 saturated carbocycles. The molecule has 0 N–H and O–H groups in total. The van der Waals surface area contributed by atoms with Gasteiger partial charge in [0.15, 0.2) is 5.82 Å². The van der Waals surface area contributed by atoms with Crippen LogP contribution < -0.4 is 0 Å². The third kappa shape index (κ3) is 3.46. The Hall–Kier alpha value is -1.79. The predicted molar refractivity (Wildman–Crippen MR) is 90.7 cm³/mol. The second-order valence-corrected chi connectivity index (χ2v) is 7.05. The smallest absolute Gasteiger partial charge is 0.240 e. The van der Waals surface area contributed by atoms with Gasteiger partial charge in [-0.1, -0.05) is 36.6 Å². The van der Waals surface area contributed by atoms with Crippen molar-refractivity contribution in [3.05, 3.63) is 47.4 Å². The summed E-state index contributed by atoms with van der Waals surface area (Å²) in [6.45, 7) is 3.94. The average Bonchev–Trinajstić information content (AvgIpc) is 3.13. The third-order valence-electron chi connectivity index (χ3n) is 5.46. The van der Waals surface area contributed by atoms with Crippen LogP contribution in [0.4, 0.5) is 4.39 Å². The Morgan fingerprint density at radius 2 is 1.76 bits per heavy atom. The van der Waals surface area contributed by atoms with Gasteiger partial charge in [0.1, 0.15) is 5.82 Å². The van der Waals surface area contributed by atoms with Crippen LogP contribution in [0.5, 0.6) is 0 Å². The van der Waals surface area contributed by atoms with E-state index in [1.807, 2.05) is 12.1 Å². The van der Waals surface area contributed by atoms with Crippen molar-refractivity contribution in [1.82, 2.24) is 15.0 Å². The van der Waals surface area contributed by atoms with E-state index in [1.54, 1.807) is 0 Å². The van der Waals surface area contributed by atoms with Gasteiger partial charge in [0, 0.05) is 13.1 Å². The number of hydrogen-bond donors (Lipinski definition) is 0. The fraction of sp³-hybridized carbons (Fsp3) is 0.579. The second-order valence-electron chi connectivity index (χ2n) is 7.05. The molecular weight excluding hydrogens is 321 g/mol. The van der Waals surface area contributed by atoms with Crippen molar-refractivity contribution in [3.63, 3.8) is 0 Å². The molecule has 1 saturated heterocycles. The SMILES string of the molecule is Fc1ccc(C2(c3noc(CN4CCOCC4)n3)CCCCC2)cc1. The lowest BCUT2D eigenvalue weighted by Gasteiger charge is -2.35. The van der Waals surface area contributed by atoms with Gasteiger partial charge < -0.3 is 9.26 Å². The minimum Gasteiger partial charge on any atom is -0.379 e. The van der Waals surface area contributed by atoms with Crippen molar-refractivity contribution < 1.29 is 13.7 Å². The van der Waals surface area contributed by atoms with Crippen LogP contribution in [-0.4, -0.2) is 41.3 Å². The normalized spacial score (nSPS) is 21.3. The summed E-state index contributed by atoms with van der Waals surface area (Å²) < 4.78 is 24.3. The summed E-state index contributed by atoms with van der Waals surface area (Å²) in [5.74, 6) is 1.20. The average molecular weight is 345 g/mol. The molecule has 4 rings (SSSR count). The van der Waals surface area contributed by atoms with E-state index in [2.05, 4.69) is 10.1 Å². The molecule has 0 unspecified atom stereocenters. The van der Waals surface area contributed by atoms with Crippen molar-refractivity contribution in [2.45, 2.75) is 44.1 Å². The fourth-order valence-electron chi connectivity index (χ4n) is 4.03. The lowest BCUT2D eigenvalue weighted by molar-refractivity contribution is 0.0297. The van der Waals surface area contributed by atoms with E-state index in [9.17, 15) is 4.39 Å². The van der Waals surface area contributed by atoms with Gasteiger partial charge >= 0.3 is 0 Å². The molecule has 2 heterocycles. The number of morpholine rings is 1. The maximum Gasteiger partial charge on any atom is 0.240 e. The molecule has 0 atom stereocenters. The first-order chi connectivity index (χ1) is 12.3. The number of nitrogens with zero attached hydrogens (tertiary/aromatic N) is 3. The Bertz CT molecular complexity index is 689. The summed E-state index contributed by atoms with van der Waals surface area (Å²) in [6.07, 6.45) is 5.45. The van der Waals surface area contributed by atoms with Crippen molar-refractivity contribution >= 4 is 0 Å². The summed E-state index contributed by atoms with van der Waals surface area (Å²) >= 11 is 0. The minimum atomic E-state index is -0.251. The molecule has 0 radical (unpaired) electrons. The molecule has 6 heteroatoms. The lowest BCUT2D eigenvalue weighted by atomic mass is 9.69.